The maximum absolute atomic E-state index is 11.7. The molecule has 0 aliphatic heterocycles. The van der Waals surface area contributed by atoms with Crippen LogP contribution in [0.3, 0.4) is 0 Å². The number of hydrogen-bond donors (Lipinski definition) is 2. The summed E-state index contributed by atoms with van der Waals surface area (Å²) in [6, 6.07) is 8.97. The Bertz CT molecular complexity index is 641. The molecule has 1 heterocycles. The molecule has 2 aromatic rings. The highest BCUT2D eigenvalue weighted by Crippen LogP contribution is 2.19. The van der Waals surface area contributed by atoms with Gasteiger partial charge in [0.05, 0.1) is 6.54 Å². The van der Waals surface area contributed by atoms with Crippen molar-refractivity contribution in [3.8, 4) is 5.75 Å². The van der Waals surface area contributed by atoms with Crippen molar-refractivity contribution in [2.24, 2.45) is 5.73 Å². The van der Waals surface area contributed by atoms with Crippen LogP contribution in [0.4, 0.5) is 0 Å². The second-order valence-electron chi connectivity index (χ2n) is 4.19. The van der Waals surface area contributed by atoms with Crippen molar-refractivity contribution in [3.63, 3.8) is 0 Å². The molecule has 110 valence electrons. The molecule has 4 nitrogen and oxygen atoms in total. The minimum absolute atomic E-state index is 0.0288. The van der Waals surface area contributed by atoms with Crippen LogP contribution in [0.2, 0.25) is 0 Å². The summed E-state index contributed by atoms with van der Waals surface area (Å²) in [6.07, 6.45) is 0. The molecule has 0 saturated carbocycles. The van der Waals surface area contributed by atoms with Crippen LogP contribution < -0.4 is 15.8 Å². The number of thiocarbonyl (C=S) groups is 1. The quantitative estimate of drug-likeness (QED) is 0.751. The number of carbonyl (C=O) groups is 1. The standard InChI is InChI=1S/C14H13BrN2O2S2/c15-10-5-12(21-8-10)6-17-13(18)7-19-11-3-1-9(2-4-11)14(16)20/h1-5,8H,6-7H2,(H2,16,20)(H,17,18). The van der Waals surface area contributed by atoms with Crippen molar-refractivity contribution >= 4 is 50.4 Å². The fourth-order valence-electron chi connectivity index (χ4n) is 1.55. The SMILES string of the molecule is NC(=S)c1ccc(OCC(=O)NCc2cc(Br)cs2)cc1. The van der Waals surface area contributed by atoms with Gasteiger partial charge in [-0.05, 0) is 46.3 Å². The Balaban J connectivity index is 1.77. The van der Waals surface area contributed by atoms with E-state index in [2.05, 4.69) is 21.2 Å². The van der Waals surface area contributed by atoms with Crippen LogP contribution >= 0.6 is 39.5 Å². The first-order valence-electron chi connectivity index (χ1n) is 6.07. The van der Waals surface area contributed by atoms with E-state index in [1.54, 1.807) is 35.6 Å². The minimum Gasteiger partial charge on any atom is -0.484 e. The maximum Gasteiger partial charge on any atom is 0.258 e. The maximum atomic E-state index is 11.7. The Labute approximate surface area is 140 Å². The first-order valence-corrected chi connectivity index (χ1v) is 8.15. The van der Waals surface area contributed by atoms with Gasteiger partial charge in [-0.15, -0.1) is 11.3 Å². The third-order valence-electron chi connectivity index (χ3n) is 2.59. The van der Waals surface area contributed by atoms with Crippen LogP contribution in [0, 0.1) is 0 Å². The van der Waals surface area contributed by atoms with Gasteiger partial charge in [0.1, 0.15) is 10.7 Å². The average molecular weight is 385 g/mol. The number of nitrogens with two attached hydrogens (primary N) is 1. The number of thiophene rings is 1. The van der Waals surface area contributed by atoms with Crippen LogP contribution in [0.1, 0.15) is 10.4 Å². The first-order chi connectivity index (χ1) is 10.0. The summed E-state index contributed by atoms with van der Waals surface area (Å²) in [6.45, 7) is 0.470. The van der Waals surface area contributed by atoms with Gasteiger partial charge < -0.3 is 15.8 Å². The van der Waals surface area contributed by atoms with Crippen LogP contribution in [-0.4, -0.2) is 17.5 Å². The topological polar surface area (TPSA) is 64.3 Å². The Morgan fingerprint density at radius 3 is 2.67 bits per heavy atom. The van der Waals surface area contributed by atoms with E-state index in [1.165, 1.54) is 0 Å². The van der Waals surface area contributed by atoms with Gasteiger partial charge in [0.15, 0.2) is 6.61 Å². The van der Waals surface area contributed by atoms with Crippen LogP contribution in [0.15, 0.2) is 40.2 Å². The zero-order valence-electron chi connectivity index (χ0n) is 11.0. The molecule has 3 N–H and O–H groups in total. The number of nitrogens with one attached hydrogen (secondary N) is 1. The van der Waals surface area contributed by atoms with Gasteiger partial charge in [-0.25, -0.2) is 0 Å². The van der Waals surface area contributed by atoms with Crippen molar-refractivity contribution in [2.45, 2.75) is 6.54 Å². The Hall–Kier alpha value is -1.44. The normalized spacial score (nSPS) is 10.1. The minimum atomic E-state index is -0.169. The Morgan fingerprint density at radius 2 is 2.10 bits per heavy atom. The lowest BCUT2D eigenvalue weighted by atomic mass is 10.2. The number of halogens is 1. The molecule has 7 heteroatoms. The Morgan fingerprint density at radius 1 is 1.38 bits per heavy atom. The molecule has 0 radical (unpaired) electrons. The third-order valence-corrected chi connectivity index (χ3v) is 4.52. The summed E-state index contributed by atoms with van der Waals surface area (Å²) in [5.41, 5.74) is 6.28. The van der Waals surface area contributed by atoms with E-state index in [0.717, 1.165) is 14.9 Å². The molecular weight excluding hydrogens is 372 g/mol. The molecule has 21 heavy (non-hydrogen) atoms. The summed E-state index contributed by atoms with van der Waals surface area (Å²) in [4.78, 5) is 13.1. The highest BCUT2D eigenvalue weighted by Gasteiger charge is 2.05. The predicted molar refractivity (Wildman–Crippen MR) is 91.7 cm³/mol. The fourth-order valence-corrected chi connectivity index (χ4v) is 3.07. The molecule has 0 aliphatic rings. The molecule has 0 saturated heterocycles. The summed E-state index contributed by atoms with van der Waals surface area (Å²) < 4.78 is 6.41. The van der Waals surface area contributed by atoms with E-state index in [-0.39, 0.29) is 12.5 Å². The summed E-state index contributed by atoms with van der Waals surface area (Å²) >= 11 is 9.82. The molecule has 0 spiro atoms. The van der Waals surface area contributed by atoms with Crippen LogP contribution in [-0.2, 0) is 11.3 Å². The summed E-state index contributed by atoms with van der Waals surface area (Å²) in [7, 11) is 0. The molecule has 1 aromatic heterocycles. The van der Waals surface area contributed by atoms with E-state index in [4.69, 9.17) is 22.7 Å². The number of ether oxygens (including phenoxy) is 1. The van der Waals surface area contributed by atoms with Gasteiger partial charge in [0.2, 0.25) is 0 Å². The number of carbonyl (C=O) groups excluding carboxylic acids is 1. The van der Waals surface area contributed by atoms with Crippen molar-refractivity contribution < 1.29 is 9.53 Å². The van der Waals surface area contributed by atoms with Gasteiger partial charge in [0, 0.05) is 20.3 Å². The molecular formula is C14H13BrN2O2S2. The molecule has 0 atom stereocenters. The molecule has 0 aliphatic carbocycles. The number of rotatable bonds is 6. The zero-order valence-corrected chi connectivity index (χ0v) is 14.2. The number of benzene rings is 1. The molecule has 0 unspecified atom stereocenters. The number of amides is 1. The second-order valence-corrected chi connectivity index (χ2v) is 6.54. The first kappa shape index (κ1) is 15.9. The predicted octanol–water partition coefficient (Wildman–Crippen LogP) is 2.84. The summed E-state index contributed by atoms with van der Waals surface area (Å²) in [5.74, 6) is 0.432. The number of hydrogen-bond acceptors (Lipinski definition) is 4. The molecule has 1 aromatic carbocycles. The van der Waals surface area contributed by atoms with E-state index < -0.39 is 0 Å². The molecule has 0 fully saturated rings. The largest absolute Gasteiger partial charge is 0.484 e. The third kappa shape index (κ3) is 5.11. The van der Waals surface area contributed by atoms with Crippen molar-refractivity contribution in [1.29, 1.82) is 0 Å². The van der Waals surface area contributed by atoms with Crippen LogP contribution in [0.25, 0.3) is 0 Å². The van der Waals surface area contributed by atoms with Crippen molar-refractivity contribution in [1.82, 2.24) is 5.32 Å². The monoisotopic (exact) mass is 384 g/mol. The van der Waals surface area contributed by atoms with Gasteiger partial charge in [0.25, 0.3) is 5.91 Å². The fraction of sp³-hybridized carbons (Fsp3) is 0.143. The van der Waals surface area contributed by atoms with Gasteiger partial charge in [-0.2, -0.15) is 0 Å². The van der Waals surface area contributed by atoms with E-state index in [1.807, 2.05) is 11.4 Å². The van der Waals surface area contributed by atoms with Crippen molar-refractivity contribution in [3.05, 3.63) is 50.6 Å². The lowest BCUT2D eigenvalue weighted by Crippen LogP contribution is -2.28. The average Bonchev–Trinajstić information content (AvgIpc) is 2.89. The smallest absolute Gasteiger partial charge is 0.258 e. The molecule has 1 amide bonds. The van der Waals surface area contributed by atoms with Crippen molar-refractivity contribution in [2.75, 3.05) is 6.61 Å². The van der Waals surface area contributed by atoms with Gasteiger partial charge in [-0.1, -0.05) is 12.2 Å². The van der Waals surface area contributed by atoms with Crippen LogP contribution in [0.5, 0.6) is 5.75 Å². The van der Waals surface area contributed by atoms with E-state index in [0.29, 0.717) is 17.3 Å². The summed E-state index contributed by atoms with van der Waals surface area (Å²) in [5, 5.41) is 4.77. The van der Waals surface area contributed by atoms with Gasteiger partial charge in [-0.3, -0.25) is 4.79 Å². The van der Waals surface area contributed by atoms with E-state index in [9.17, 15) is 4.79 Å². The molecule has 2 rings (SSSR count). The van der Waals surface area contributed by atoms with Gasteiger partial charge >= 0.3 is 0 Å². The zero-order chi connectivity index (χ0) is 15.2. The second kappa shape index (κ2) is 7.53. The lowest BCUT2D eigenvalue weighted by molar-refractivity contribution is -0.123. The lowest BCUT2D eigenvalue weighted by Gasteiger charge is -2.07. The highest BCUT2D eigenvalue weighted by molar-refractivity contribution is 9.10. The van der Waals surface area contributed by atoms with E-state index >= 15 is 0 Å². The Kier molecular flexibility index (Phi) is 5.72. The highest BCUT2D eigenvalue weighted by atomic mass is 79.9. The molecule has 0 bridgehead atoms.